The van der Waals surface area contributed by atoms with E-state index >= 15 is 0 Å². The predicted molar refractivity (Wildman–Crippen MR) is 114 cm³/mol. The summed E-state index contributed by atoms with van der Waals surface area (Å²) in [6.07, 6.45) is 7.80. The van der Waals surface area contributed by atoms with Crippen molar-refractivity contribution in [2.45, 2.75) is 44.7 Å². The topological polar surface area (TPSA) is 75.9 Å². The van der Waals surface area contributed by atoms with E-state index in [1.807, 2.05) is 47.5 Å². The van der Waals surface area contributed by atoms with E-state index in [9.17, 15) is 4.79 Å². The summed E-state index contributed by atoms with van der Waals surface area (Å²) in [7, 11) is 0. The van der Waals surface area contributed by atoms with Crippen molar-refractivity contribution in [2.75, 3.05) is 18.4 Å². The van der Waals surface area contributed by atoms with Crippen LogP contribution in [0.25, 0.3) is 0 Å². The van der Waals surface area contributed by atoms with Crippen LogP contribution < -0.4 is 5.32 Å². The Morgan fingerprint density at radius 3 is 2.93 bits per heavy atom. The van der Waals surface area contributed by atoms with Crippen molar-refractivity contribution in [3.05, 3.63) is 71.6 Å². The van der Waals surface area contributed by atoms with Gasteiger partial charge >= 0.3 is 0 Å². The van der Waals surface area contributed by atoms with Gasteiger partial charge in [0.25, 0.3) is 5.91 Å². The monoisotopic (exact) mass is 402 g/mol. The molecule has 0 spiro atoms. The smallest absolute Gasteiger partial charge is 0.255 e. The molecular weight excluding hydrogens is 376 g/mol. The van der Waals surface area contributed by atoms with Gasteiger partial charge in [0, 0.05) is 56.6 Å². The lowest BCUT2D eigenvalue weighted by molar-refractivity contribution is 0.0704. The van der Waals surface area contributed by atoms with E-state index in [4.69, 9.17) is 0 Å². The lowest BCUT2D eigenvalue weighted by Crippen LogP contribution is -2.40. The van der Waals surface area contributed by atoms with Gasteiger partial charge in [-0.25, -0.2) is 0 Å². The second-order valence-electron chi connectivity index (χ2n) is 8.08. The molecule has 3 aromatic rings. The standard InChI is InChI=1S/C23H26N6O/c30-23(19-8-1-2-9-20(19)25-15-17-6-3-11-24-14-17)28-12-4-7-18(16-28)22-27-26-21-10-5-13-29(21)22/h1-3,6,8-9,11,14,18,25H,4-5,7,10,12-13,15-16H2. The number of carbonyl (C=O) groups is 1. The van der Waals surface area contributed by atoms with Crippen LogP contribution in [0.3, 0.4) is 0 Å². The highest BCUT2D eigenvalue weighted by Gasteiger charge is 2.31. The highest BCUT2D eigenvalue weighted by molar-refractivity contribution is 5.99. The number of anilines is 1. The van der Waals surface area contributed by atoms with Crippen LogP contribution in [0.15, 0.2) is 48.8 Å². The molecule has 30 heavy (non-hydrogen) atoms. The van der Waals surface area contributed by atoms with Gasteiger partial charge in [0.2, 0.25) is 0 Å². The summed E-state index contributed by atoms with van der Waals surface area (Å²) in [5.74, 6) is 2.49. The van der Waals surface area contributed by atoms with Gasteiger partial charge in [0.15, 0.2) is 0 Å². The van der Waals surface area contributed by atoms with E-state index < -0.39 is 0 Å². The van der Waals surface area contributed by atoms with Gasteiger partial charge in [-0.05, 0) is 43.0 Å². The van der Waals surface area contributed by atoms with Crippen molar-refractivity contribution in [3.8, 4) is 0 Å². The van der Waals surface area contributed by atoms with E-state index in [0.29, 0.717) is 18.7 Å². The van der Waals surface area contributed by atoms with E-state index in [2.05, 4.69) is 25.1 Å². The number of piperidine rings is 1. The minimum Gasteiger partial charge on any atom is -0.380 e. The van der Waals surface area contributed by atoms with Crippen molar-refractivity contribution in [3.63, 3.8) is 0 Å². The summed E-state index contributed by atoms with van der Waals surface area (Å²) in [6, 6.07) is 11.7. The van der Waals surface area contributed by atoms with Crippen LogP contribution in [0.5, 0.6) is 0 Å². The van der Waals surface area contributed by atoms with Crippen molar-refractivity contribution in [1.82, 2.24) is 24.6 Å². The van der Waals surface area contributed by atoms with Gasteiger partial charge in [-0.1, -0.05) is 18.2 Å². The third kappa shape index (κ3) is 3.67. The number of fused-ring (bicyclic) bond motifs is 1. The predicted octanol–water partition coefficient (Wildman–Crippen LogP) is 3.25. The van der Waals surface area contributed by atoms with Gasteiger partial charge in [0.05, 0.1) is 5.56 Å². The van der Waals surface area contributed by atoms with Gasteiger partial charge in [-0.2, -0.15) is 0 Å². The van der Waals surface area contributed by atoms with Crippen LogP contribution in [0, 0.1) is 0 Å². The van der Waals surface area contributed by atoms with E-state index in [0.717, 1.165) is 61.7 Å². The second kappa shape index (κ2) is 8.26. The number of hydrogen-bond acceptors (Lipinski definition) is 5. The Hall–Kier alpha value is -3.22. The molecule has 154 valence electrons. The molecule has 7 heteroatoms. The van der Waals surface area contributed by atoms with Crippen LogP contribution >= 0.6 is 0 Å². The number of pyridine rings is 1. The molecule has 1 fully saturated rings. The fourth-order valence-corrected chi connectivity index (χ4v) is 4.54. The SMILES string of the molecule is O=C(c1ccccc1NCc1cccnc1)N1CCCC(c2nnc3n2CCC3)C1. The summed E-state index contributed by atoms with van der Waals surface area (Å²) in [4.78, 5) is 19.6. The molecule has 2 aliphatic rings. The zero-order valence-electron chi connectivity index (χ0n) is 17.0. The molecule has 0 saturated carbocycles. The molecule has 1 saturated heterocycles. The summed E-state index contributed by atoms with van der Waals surface area (Å²) < 4.78 is 2.27. The summed E-state index contributed by atoms with van der Waals surface area (Å²) in [5.41, 5.74) is 2.66. The largest absolute Gasteiger partial charge is 0.380 e. The molecule has 0 bridgehead atoms. The van der Waals surface area contributed by atoms with Crippen LogP contribution in [0.2, 0.25) is 0 Å². The van der Waals surface area contributed by atoms with Gasteiger partial charge in [-0.15, -0.1) is 10.2 Å². The van der Waals surface area contributed by atoms with Gasteiger partial charge < -0.3 is 14.8 Å². The first-order valence-corrected chi connectivity index (χ1v) is 10.7. The molecule has 1 aromatic carbocycles. The van der Waals surface area contributed by atoms with E-state index in [1.165, 1.54) is 0 Å². The van der Waals surface area contributed by atoms with Crippen LogP contribution in [0.4, 0.5) is 5.69 Å². The zero-order chi connectivity index (χ0) is 20.3. The summed E-state index contributed by atoms with van der Waals surface area (Å²) >= 11 is 0. The van der Waals surface area contributed by atoms with E-state index in [1.54, 1.807) is 6.20 Å². The Morgan fingerprint density at radius 2 is 2.03 bits per heavy atom. The molecule has 5 rings (SSSR count). The van der Waals surface area contributed by atoms with Crippen LogP contribution in [-0.4, -0.2) is 43.6 Å². The molecule has 1 atom stereocenters. The normalized spacial score (nSPS) is 18.3. The number of aryl methyl sites for hydroxylation is 1. The maximum absolute atomic E-state index is 13.4. The van der Waals surface area contributed by atoms with Gasteiger partial charge in [0.1, 0.15) is 11.6 Å². The molecule has 0 radical (unpaired) electrons. The fourth-order valence-electron chi connectivity index (χ4n) is 4.54. The number of amides is 1. The maximum Gasteiger partial charge on any atom is 0.255 e. The van der Waals surface area contributed by atoms with Crippen LogP contribution in [-0.2, 0) is 19.5 Å². The highest BCUT2D eigenvalue weighted by Crippen LogP contribution is 2.30. The number of benzene rings is 1. The van der Waals surface area contributed by atoms with Crippen molar-refractivity contribution in [2.24, 2.45) is 0 Å². The Kier molecular flexibility index (Phi) is 5.17. The summed E-state index contributed by atoms with van der Waals surface area (Å²) in [6.45, 7) is 3.12. The van der Waals surface area contributed by atoms with Crippen molar-refractivity contribution < 1.29 is 4.79 Å². The first-order valence-electron chi connectivity index (χ1n) is 10.7. The zero-order valence-corrected chi connectivity index (χ0v) is 17.0. The molecule has 1 unspecified atom stereocenters. The number of nitrogens with zero attached hydrogens (tertiary/aromatic N) is 5. The molecule has 1 amide bonds. The number of rotatable bonds is 5. The summed E-state index contributed by atoms with van der Waals surface area (Å²) in [5, 5.41) is 12.2. The first-order chi connectivity index (χ1) is 14.8. The number of likely N-dealkylation sites (tertiary alicyclic amines) is 1. The molecule has 0 aliphatic carbocycles. The molecule has 2 aromatic heterocycles. The molecule has 2 aliphatic heterocycles. The number of aromatic nitrogens is 4. The van der Waals surface area contributed by atoms with Crippen LogP contribution in [0.1, 0.15) is 52.8 Å². The quantitative estimate of drug-likeness (QED) is 0.709. The minimum atomic E-state index is 0.0788. The average molecular weight is 403 g/mol. The lowest BCUT2D eigenvalue weighted by Gasteiger charge is -2.33. The van der Waals surface area contributed by atoms with E-state index in [-0.39, 0.29) is 11.8 Å². The molecule has 7 nitrogen and oxygen atoms in total. The Labute approximate surface area is 176 Å². The third-order valence-electron chi connectivity index (χ3n) is 6.08. The van der Waals surface area contributed by atoms with Crippen molar-refractivity contribution in [1.29, 1.82) is 0 Å². The third-order valence-corrected chi connectivity index (χ3v) is 6.08. The number of carbonyl (C=O) groups excluding carboxylic acids is 1. The highest BCUT2D eigenvalue weighted by atomic mass is 16.2. The minimum absolute atomic E-state index is 0.0788. The maximum atomic E-state index is 13.4. The lowest BCUT2D eigenvalue weighted by atomic mass is 9.96. The Morgan fingerprint density at radius 1 is 1.10 bits per heavy atom. The Bertz CT molecular complexity index is 1030. The molecular formula is C23H26N6O. The molecule has 4 heterocycles. The fraction of sp³-hybridized carbons (Fsp3) is 0.391. The Balaban J connectivity index is 1.32. The number of para-hydroxylation sites is 1. The first kappa shape index (κ1) is 18.8. The number of nitrogens with one attached hydrogen (secondary N) is 1. The molecule has 1 N–H and O–H groups in total. The number of hydrogen-bond donors (Lipinski definition) is 1. The average Bonchev–Trinajstić information content (AvgIpc) is 3.42. The second-order valence-corrected chi connectivity index (χ2v) is 8.08. The van der Waals surface area contributed by atoms with Crippen molar-refractivity contribution >= 4 is 11.6 Å². The van der Waals surface area contributed by atoms with Gasteiger partial charge in [-0.3, -0.25) is 9.78 Å².